The van der Waals surface area contributed by atoms with Crippen LogP contribution in [0, 0.1) is 0 Å². The highest BCUT2D eigenvalue weighted by Gasteiger charge is 2.18. The molecule has 0 aliphatic heterocycles. The van der Waals surface area contributed by atoms with E-state index in [2.05, 4.69) is 9.97 Å². The fraction of sp³-hybridized carbons (Fsp3) is 0.286. The van der Waals surface area contributed by atoms with Gasteiger partial charge in [-0.25, -0.2) is 9.78 Å². The lowest BCUT2D eigenvalue weighted by atomic mass is 10.1. The third-order valence-corrected chi connectivity index (χ3v) is 4.59. The summed E-state index contributed by atoms with van der Waals surface area (Å²) in [7, 11) is 3.36. The van der Waals surface area contributed by atoms with Gasteiger partial charge >= 0.3 is 5.69 Å². The molecular formula is C21H22N4O3. The summed E-state index contributed by atoms with van der Waals surface area (Å²) in [5, 5.41) is 0.904. The molecule has 0 saturated heterocycles. The Morgan fingerprint density at radius 2 is 2.04 bits per heavy atom. The highest BCUT2D eigenvalue weighted by molar-refractivity contribution is 6.07. The molecule has 4 aromatic rings. The van der Waals surface area contributed by atoms with Crippen molar-refractivity contribution in [3.63, 3.8) is 0 Å². The first-order chi connectivity index (χ1) is 13.5. The molecule has 0 radical (unpaired) electrons. The van der Waals surface area contributed by atoms with Gasteiger partial charge in [-0.3, -0.25) is 9.55 Å². The quantitative estimate of drug-likeness (QED) is 0.575. The number of fused-ring (bicyclic) bond motifs is 3. The molecule has 0 spiro atoms. The topological polar surface area (TPSA) is 82.0 Å². The van der Waals surface area contributed by atoms with Crippen LogP contribution in [0.25, 0.3) is 33.2 Å². The lowest BCUT2D eigenvalue weighted by Crippen LogP contribution is -2.12. The first-order valence-corrected chi connectivity index (χ1v) is 9.12. The standard InChI is InChI=1S/C21H22N4O3/c1-12(2)28-17-9-13(10-22-16(17)11-27-4)18-20-19(24-21(26)25(20)3)14-7-5-6-8-15(14)23-18/h5-10,12H,11H2,1-4H3,(H,24,26). The predicted molar refractivity (Wildman–Crippen MR) is 109 cm³/mol. The van der Waals surface area contributed by atoms with Crippen molar-refractivity contribution < 1.29 is 9.47 Å². The average Bonchev–Trinajstić information content (AvgIpc) is 2.97. The first-order valence-electron chi connectivity index (χ1n) is 9.12. The van der Waals surface area contributed by atoms with Gasteiger partial charge in [0.1, 0.15) is 11.4 Å². The van der Waals surface area contributed by atoms with E-state index in [-0.39, 0.29) is 11.8 Å². The van der Waals surface area contributed by atoms with Crippen molar-refractivity contribution in [2.75, 3.05) is 7.11 Å². The summed E-state index contributed by atoms with van der Waals surface area (Å²) in [4.78, 5) is 24.7. The molecule has 0 fully saturated rings. The summed E-state index contributed by atoms with van der Waals surface area (Å²) in [6.45, 7) is 4.28. The van der Waals surface area contributed by atoms with E-state index in [9.17, 15) is 4.79 Å². The molecule has 0 saturated carbocycles. The molecular weight excluding hydrogens is 356 g/mol. The van der Waals surface area contributed by atoms with Crippen LogP contribution in [0.3, 0.4) is 0 Å². The molecule has 0 unspecified atom stereocenters. The maximum absolute atomic E-state index is 12.3. The lowest BCUT2D eigenvalue weighted by Gasteiger charge is -2.15. The van der Waals surface area contributed by atoms with E-state index in [1.165, 1.54) is 0 Å². The molecule has 3 heterocycles. The molecule has 0 amide bonds. The average molecular weight is 378 g/mol. The summed E-state index contributed by atoms with van der Waals surface area (Å²) in [5.41, 5.74) is 4.30. The van der Waals surface area contributed by atoms with E-state index >= 15 is 0 Å². The Balaban J connectivity index is 2.01. The number of aryl methyl sites for hydroxylation is 1. The van der Waals surface area contributed by atoms with Gasteiger partial charge < -0.3 is 14.5 Å². The second kappa shape index (κ2) is 7.09. The summed E-state index contributed by atoms with van der Waals surface area (Å²) < 4.78 is 12.8. The van der Waals surface area contributed by atoms with E-state index in [4.69, 9.17) is 14.5 Å². The molecule has 0 bridgehead atoms. The van der Waals surface area contributed by atoms with Gasteiger partial charge in [0.05, 0.1) is 35.0 Å². The highest BCUT2D eigenvalue weighted by atomic mass is 16.5. The summed E-state index contributed by atoms with van der Waals surface area (Å²) in [5.74, 6) is 0.651. The lowest BCUT2D eigenvalue weighted by molar-refractivity contribution is 0.171. The Bertz CT molecular complexity index is 1220. The minimum atomic E-state index is -0.183. The van der Waals surface area contributed by atoms with Crippen LogP contribution in [-0.4, -0.2) is 32.7 Å². The number of hydrogen-bond acceptors (Lipinski definition) is 5. The van der Waals surface area contributed by atoms with Crippen molar-refractivity contribution in [3.05, 3.63) is 52.7 Å². The maximum Gasteiger partial charge on any atom is 0.326 e. The number of methoxy groups -OCH3 is 1. The Labute approximate surface area is 162 Å². The SMILES string of the molecule is COCc1ncc(-c2nc3ccccc3c3[nH]c(=O)n(C)c23)cc1OC(C)C. The Kier molecular flexibility index (Phi) is 4.60. The summed E-state index contributed by atoms with van der Waals surface area (Å²) in [6, 6.07) is 9.66. The molecule has 7 nitrogen and oxygen atoms in total. The van der Waals surface area contributed by atoms with E-state index in [1.807, 2.05) is 44.2 Å². The number of hydrogen-bond donors (Lipinski definition) is 1. The fourth-order valence-corrected chi connectivity index (χ4v) is 3.35. The van der Waals surface area contributed by atoms with E-state index in [0.717, 1.165) is 33.2 Å². The predicted octanol–water partition coefficient (Wildman–Crippen LogP) is 3.41. The maximum atomic E-state index is 12.3. The summed E-state index contributed by atoms with van der Waals surface area (Å²) >= 11 is 0. The number of imidazole rings is 1. The molecule has 144 valence electrons. The van der Waals surface area contributed by atoms with Gasteiger partial charge in [0.2, 0.25) is 0 Å². The molecule has 4 rings (SSSR count). The third kappa shape index (κ3) is 3.03. The van der Waals surface area contributed by atoms with Crippen molar-refractivity contribution in [1.29, 1.82) is 0 Å². The van der Waals surface area contributed by atoms with Gasteiger partial charge in [-0.15, -0.1) is 0 Å². The normalized spacial score (nSPS) is 11.6. The van der Waals surface area contributed by atoms with Gasteiger partial charge in [-0.1, -0.05) is 18.2 Å². The third-order valence-electron chi connectivity index (χ3n) is 4.59. The van der Waals surface area contributed by atoms with Crippen LogP contribution in [0.1, 0.15) is 19.5 Å². The smallest absolute Gasteiger partial charge is 0.326 e. The number of benzene rings is 1. The van der Waals surface area contributed by atoms with Gasteiger partial charge in [0.15, 0.2) is 0 Å². The Morgan fingerprint density at radius 1 is 1.25 bits per heavy atom. The number of ether oxygens (including phenoxy) is 2. The van der Waals surface area contributed by atoms with Gasteiger partial charge in [0.25, 0.3) is 0 Å². The van der Waals surface area contributed by atoms with Crippen molar-refractivity contribution in [1.82, 2.24) is 19.5 Å². The minimum Gasteiger partial charge on any atom is -0.489 e. The fourth-order valence-electron chi connectivity index (χ4n) is 3.35. The number of aromatic nitrogens is 4. The molecule has 28 heavy (non-hydrogen) atoms. The molecule has 7 heteroatoms. The molecule has 1 aromatic carbocycles. The Morgan fingerprint density at radius 3 is 2.79 bits per heavy atom. The zero-order chi connectivity index (χ0) is 19.8. The second-order valence-corrected chi connectivity index (χ2v) is 6.96. The van der Waals surface area contributed by atoms with E-state index < -0.39 is 0 Å². The minimum absolute atomic E-state index is 0.00569. The van der Waals surface area contributed by atoms with Crippen LogP contribution in [0.4, 0.5) is 0 Å². The molecule has 0 aliphatic carbocycles. The van der Waals surface area contributed by atoms with E-state index in [1.54, 1.807) is 24.9 Å². The number of para-hydroxylation sites is 1. The number of nitrogens with one attached hydrogen (secondary N) is 1. The van der Waals surface area contributed by atoms with Crippen molar-refractivity contribution in [2.45, 2.75) is 26.6 Å². The van der Waals surface area contributed by atoms with Crippen molar-refractivity contribution in [2.24, 2.45) is 7.05 Å². The number of H-pyrrole nitrogens is 1. The van der Waals surface area contributed by atoms with Crippen molar-refractivity contribution in [3.8, 4) is 17.0 Å². The Hall–Kier alpha value is -3.19. The number of rotatable bonds is 5. The first kappa shape index (κ1) is 18.2. The van der Waals surface area contributed by atoms with Crippen LogP contribution in [0.5, 0.6) is 5.75 Å². The van der Waals surface area contributed by atoms with Crippen LogP contribution in [0.2, 0.25) is 0 Å². The van der Waals surface area contributed by atoms with Gasteiger partial charge in [-0.05, 0) is 26.0 Å². The van der Waals surface area contributed by atoms with E-state index in [0.29, 0.717) is 18.1 Å². The van der Waals surface area contributed by atoms with Crippen LogP contribution in [0.15, 0.2) is 41.3 Å². The molecule has 3 aromatic heterocycles. The highest BCUT2D eigenvalue weighted by Crippen LogP contribution is 2.33. The van der Waals surface area contributed by atoms with Crippen LogP contribution >= 0.6 is 0 Å². The van der Waals surface area contributed by atoms with Crippen LogP contribution < -0.4 is 10.4 Å². The van der Waals surface area contributed by atoms with Gasteiger partial charge in [-0.2, -0.15) is 0 Å². The zero-order valence-electron chi connectivity index (χ0n) is 16.3. The van der Waals surface area contributed by atoms with Gasteiger partial charge in [0, 0.05) is 31.3 Å². The molecule has 0 aliphatic rings. The monoisotopic (exact) mass is 378 g/mol. The number of aromatic amines is 1. The zero-order valence-corrected chi connectivity index (χ0v) is 16.3. The largest absolute Gasteiger partial charge is 0.489 e. The molecule has 0 atom stereocenters. The second-order valence-electron chi connectivity index (χ2n) is 6.96. The van der Waals surface area contributed by atoms with Crippen LogP contribution in [-0.2, 0) is 18.4 Å². The summed E-state index contributed by atoms with van der Waals surface area (Å²) in [6.07, 6.45) is 1.74. The van der Waals surface area contributed by atoms with Crippen molar-refractivity contribution >= 4 is 21.9 Å². The molecule has 1 N–H and O–H groups in total. The number of nitrogens with zero attached hydrogens (tertiary/aromatic N) is 3. The number of pyridine rings is 2.